The molecule has 0 aliphatic carbocycles. The van der Waals surface area contributed by atoms with E-state index in [1.807, 2.05) is 20.8 Å². The average Bonchev–Trinajstić information content (AvgIpc) is 2.25. The predicted octanol–water partition coefficient (Wildman–Crippen LogP) is 3.36. The number of carboxylic acid groups (broad SMARTS) is 1. The number of rotatable bonds is 4. The minimum Gasteiger partial charge on any atom is -0.478 e. The molecule has 0 saturated carbocycles. The largest absolute Gasteiger partial charge is 0.478 e. The summed E-state index contributed by atoms with van der Waals surface area (Å²) in [5, 5.41) is 8.91. The molecule has 0 spiro atoms. The molecule has 0 atom stereocenters. The molecule has 0 aromatic heterocycles. The molecule has 6 heteroatoms. The second-order valence-corrected chi connectivity index (χ2v) is 8.51. The van der Waals surface area contributed by atoms with Crippen molar-refractivity contribution < 1.29 is 18.3 Å². The lowest BCUT2D eigenvalue weighted by Crippen LogP contribution is -2.15. The Hall–Kier alpha value is -0.880. The monoisotopic (exact) mass is 348 g/mol. The lowest BCUT2D eigenvalue weighted by Gasteiger charge is -2.18. The Labute approximate surface area is 121 Å². The zero-order valence-electron chi connectivity index (χ0n) is 11.1. The topological polar surface area (TPSA) is 71.4 Å². The molecule has 19 heavy (non-hydrogen) atoms. The molecule has 106 valence electrons. The maximum absolute atomic E-state index is 12.3. The van der Waals surface area contributed by atoms with Gasteiger partial charge in [-0.2, -0.15) is 0 Å². The third-order valence-electron chi connectivity index (χ3n) is 2.63. The molecule has 0 heterocycles. The molecule has 0 amide bonds. The van der Waals surface area contributed by atoms with E-state index in [1.165, 1.54) is 18.2 Å². The van der Waals surface area contributed by atoms with Crippen LogP contribution in [0.2, 0.25) is 0 Å². The molecular formula is C13H17BrO4S. The van der Waals surface area contributed by atoms with Gasteiger partial charge in [-0.3, -0.25) is 0 Å². The smallest absolute Gasteiger partial charge is 0.335 e. The van der Waals surface area contributed by atoms with Crippen molar-refractivity contribution in [1.82, 2.24) is 0 Å². The molecule has 4 nitrogen and oxygen atoms in total. The van der Waals surface area contributed by atoms with Crippen LogP contribution >= 0.6 is 15.9 Å². The highest BCUT2D eigenvalue weighted by atomic mass is 79.9. The molecule has 0 aliphatic heterocycles. The molecule has 0 fully saturated rings. The number of halogens is 1. The van der Waals surface area contributed by atoms with Crippen LogP contribution < -0.4 is 0 Å². The van der Waals surface area contributed by atoms with E-state index in [1.54, 1.807) is 0 Å². The van der Waals surface area contributed by atoms with Gasteiger partial charge < -0.3 is 5.11 Å². The van der Waals surface area contributed by atoms with Crippen LogP contribution in [0.4, 0.5) is 0 Å². The standard InChI is InChI=1S/C13H17BrO4S/c1-13(2,3)6-7-19(17,18)11-8-9(12(15)16)4-5-10(11)14/h4-5,8H,6-7H2,1-3H3,(H,15,16). The Morgan fingerprint density at radius 1 is 1.32 bits per heavy atom. The number of hydrogen-bond acceptors (Lipinski definition) is 3. The number of hydrogen-bond donors (Lipinski definition) is 1. The summed E-state index contributed by atoms with van der Waals surface area (Å²) in [7, 11) is -3.49. The van der Waals surface area contributed by atoms with Crippen molar-refractivity contribution in [3.05, 3.63) is 28.2 Å². The first-order valence-corrected chi connectivity index (χ1v) is 8.23. The molecule has 0 bridgehead atoms. The molecule has 0 unspecified atom stereocenters. The van der Waals surface area contributed by atoms with Crippen molar-refractivity contribution in [2.24, 2.45) is 5.41 Å². The second kappa shape index (κ2) is 5.63. The van der Waals surface area contributed by atoms with Gasteiger partial charge in [-0.1, -0.05) is 20.8 Å². The Bertz CT molecular complexity index is 585. The first-order valence-electron chi connectivity index (χ1n) is 5.78. The van der Waals surface area contributed by atoms with Crippen molar-refractivity contribution in [3.8, 4) is 0 Å². The first kappa shape index (κ1) is 16.2. The minimum absolute atomic E-state index is 0.00181. The lowest BCUT2D eigenvalue weighted by atomic mass is 9.94. The van der Waals surface area contributed by atoms with E-state index in [0.717, 1.165) is 0 Å². The fourth-order valence-electron chi connectivity index (χ4n) is 1.43. The lowest BCUT2D eigenvalue weighted by molar-refractivity contribution is 0.0696. The van der Waals surface area contributed by atoms with Crippen molar-refractivity contribution in [3.63, 3.8) is 0 Å². The van der Waals surface area contributed by atoms with Gasteiger partial charge in [0.2, 0.25) is 0 Å². The van der Waals surface area contributed by atoms with Gasteiger partial charge in [0.15, 0.2) is 9.84 Å². The highest BCUT2D eigenvalue weighted by Crippen LogP contribution is 2.27. The number of benzene rings is 1. The molecule has 0 radical (unpaired) electrons. The number of carbonyl (C=O) groups is 1. The van der Waals surface area contributed by atoms with Crippen LogP contribution in [-0.4, -0.2) is 25.2 Å². The van der Waals surface area contributed by atoms with Crippen LogP contribution in [0.1, 0.15) is 37.6 Å². The Morgan fingerprint density at radius 3 is 2.37 bits per heavy atom. The van der Waals surface area contributed by atoms with Crippen LogP contribution in [0.25, 0.3) is 0 Å². The van der Waals surface area contributed by atoms with E-state index in [2.05, 4.69) is 15.9 Å². The van der Waals surface area contributed by atoms with E-state index in [-0.39, 0.29) is 21.6 Å². The highest BCUT2D eigenvalue weighted by Gasteiger charge is 2.22. The van der Waals surface area contributed by atoms with Gasteiger partial charge >= 0.3 is 5.97 Å². The van der Waals surface area contributed by atoms with E-state index in [4.69, 9.17) is 5.11 Å². The predicted molar refractivity (Wildman–Crippen MR) is 77.2 cm³/mol. The van der Waals surface area contributed by atoms with Crippen molar-refractivity contribution >= 4 is 31.7 Å². The quantitative estimate of drug-likeness (QED) is 0.905. The van der Waals surface area contributed by atoms with E-state index in [0.29, 0.717) is 10.9 Å². The van der Waals surface area contributed by atoms with Crippen molar-refractivity contribution in [1.29, 1.82) is 0 Å². The fraction of sp³-hybridized carbons (Fsp3) is 0.462. The summed E-state index contributed by atoms with van der Waals surface area (Å²) in [5.41, 5.74) is -0.123. The van der Waals surface area contributed by atoms with Gasteiger partial charge in [0.05, 0.1) is 16.2 Å². The van der Waals surface area contributed by atoms with E-state index < -0.39 is 15.8 Å². The summed E-state index contributed by atoms with van der Waals surface area (Å²) < 4.78 is 24.9. The fourth-order valence-corrected chi connectivity index (χ4v) is 4.18. The van der Waals surface area contributed by atoms with Gasteiger partial charge in [-0.15, -0.1) is 0 Å². The molecule has 1 rings (SSSR count). The first-order chi connectivity index (χ1) is 8.53. The third-order valence-corrected chi connectivity index (χ3v) is 5.34. The van der Waals surface area contributed by atoms with E-state index in [9.17, 15) is 13.2 Å². The highest BCUT2D eigenvalue weighted by molar-refractivity contribution is 9.10. The van der Waals surface area contributed by atoms with Crippen LogP contribution in [0.15, 0.2) is 27.6 Å². The molecule has 0 saturated heterocycles. The zero-order valence-corrected chi connectivity index (χ0v) is 13.5. The SMILES string of the molecule is CC(C)(C)CCS(=O)(=O)c1cc(C(=O)O)ccc1Br. The molecular weight excluding hydrogens is 332 g/mol. The average molecular weight is 349 g/mol. The molecule has 0 aliphatic rings. The maximum atomic E-state index is 12.3. The summed E-state index contributed by atoms with van der Waals surface area (Å²) in [6.07, 6.45) is 0.513. The summed E-state index contributed by atoms with van der Waals surface area (Å²) in [4.78, 5) is 10.9. The van der Waals surface area contributed by atoms with E-state index >= 15 is 0 Å². The van der Waals surface area contributed by atoms with Gasteiger partial charge in [0, 0.05) is 4.47 Å². The maximum Gasteiger partial charge on any atom is 0.335 e. The Kier molecular flexibility index (Phi) is 4.79. The summed E-state index contributed by atoms with van der Waals surface area (Å²) in [6, 6.07) is 4.02. The normalized spacial score (nSPS) is 12.4. The van der Waals surface area contributed by atoms with Crippen LogP contribution in [-0.2, 0) is 9.84 Å². The minimum atomic E-state index is -3.49. The van der Waals surface area contributed by atoms with Crippen molar-refractivity contribution in [2.45, 2.75) is 32.1 Å². The van der Waals surface area contributed by atoms with Gasteiger partial charge in [-0.25, -0.2) is 13.2 Å². The van der Waals surface area contributed by atoms with Crippen LogP contribution in [0.3, 0.4) is 0 Å². The summed E-state index contributed by atoms with van der Waals surface area (Å²) in [6.45, 7) is 5.89. The second-order valence-electron chi connectivity index (χ2n) is 5.58. The van der Waals surface area contributed by atoms with Crippen LogP contribution in [0, 0.1) is 5.41 Å². The molecule has 1 N–H and O–H groups in total. The molecule has 1 aromatic rings. The summed E-state index contributed by atoms with van der Waals surface area (Å²) >= 11 is 3.16. The summed E-state index contributed by atoms with van der Waals surface area (Å²) in [5.74, 6) is -1.14. The van der Waals surface area contributed by atoms with Gasteiger partial charge in [0.1, 0.15) is 0 Å². The van der Waals surface area contributed by atoms with Crippen LogP contribution in [0.5, 0.6) is 0 Å². The number of sulfone groups is 1. The number of carboxylic acids is 1. The third kappa shape index (κ3) is 4.62. The number of aromatic carboxylic acids is 1. The Balaban J connectivity index is 3.14. The Morgan fingerprint density at radius 2 is 1.89 bits per heavy atom. The zero-order chi connectivity index (χ0) is 14.8. The molecule has 1 aromatic carbocycles. The van der Waals surface area contributed by atoms with Gasteiger partial charge in [-0.05, 0) is 46.0 Å². The van der Waals surface area contributed by atoms with Crippen molar-refractivity contribution in [2.75, 3.05) is 5.75 Å². The van der Waals surface area contributed by atoms with Gasteiger partial charge in [0.25, 0.3) is 0 Å².